The van der Waals surface area contributed by atoms with Crippen LogP contribution in [0, 0.1) is 0 Å². The van der Waals surface area contributed by atoms with E-state index in [0.717, 1.165) is 5.69 Å². The van der Waals surface area contributed by atoms with Gasteiger partial charge >= 0.3 is 0 Å². The van der Waals surface area contributed by atoms with Gasteiger partial charge in [0.25, 0.3) is 0 Å². The smallest absolute Gasteiger partial charge is 0.240 e. The van der Waals surface area contributed by atoms with Gasteiger partial charge in [-0.15, -0.1) is 0 Å². The lowest BCUT2D eigenvalue weighted by atomic mass is 10.1. The van der Waals surface area contributed by atoms with E-state index in [4.69, 9.17) is 4.52 Å². The fourth-order valence-electron chi connectivity index (χ4n) is 1.53. The Balaban J connectivity index is 2.37. The SMILES string of the molecule is CC(O)CCN(C)CC(=O)Nc1cc(C(C)C)no1. The third kappa shape index (κ3) is 5.85. The van der Waals surface area contributed by atoms with E-state index in [1.54, 1.807) is 13.0 Å². The van der Waals surface area contributed by atoms with E-state index in [1.165, 1.54) is 0 Å². The molecule has 1 unspecified atom stereocenters. The second kappa shape index (κ2) is 7.25. The highest BCUT2D eigenvalue weighted by molar-refractivity contribution is 5.90. The Morgan fingerprint density at radius 1 is 1.53 bits per heavy atom. The summed E-state index contributed by atoms with van der Waals surface area (Å²) >= 11 is 0. The van der Waals surface area contributed by atoms with Crippen LogP contribution in [-0.2, 0) is 4.79 Å². The molecule has 0 aliphatic carbocycles. The fourth-order valence-corrected chi connectivity index (χ4v) is 1.53. The number of nitrogens with zero attached hydrogens (tertiary/aromatic N) is 2. The highest BCUT2D eigenvalue weighted by Crippen LogP contribution is 2.17. The van der Waals surface area contributed by atoms with E-state index in [1.807, 2.05) is 25.8 Å². The van der Waals surface area contributed by atoms with E-state index in [2.05, 4.69) is 10.5 Å². The minimum Gasteiger partial charge on any atom is -0.393 e. The van der Waals surface area contributed by atoms with Crippen molar-refractivity contribution in [3.63, 3.8) is 0 Å². The van der Waals surface area contributed by atoms with Gasteiger partial charge < -0.3 is 9.63 Å². The first-order valence-electron chi connectivity index (χ1n) is 6.51. The maximum Gasteiger partial charge on any atom is 0.240 e. The monoisotopic (exact) mass is 269 g/mol. The number of aliphatic hydroxyl groups excluding tert-OH is 1. The predicted octanol–water partition coefficient (Wildman–Crippen LogP) is 1.44. The lowest BCUT2D eigenvalue weighted by Gasteiger charge is -2.16. The Kier molecular flexibility index (Phi) is 5.98. The Bertz CT molecular complexity index is 402. The Labute approximate surface area is 113 Å². The summed E-state index contributed by atoms with van der Waals surface area (Å²) < 4.78 is 5.04. The topological polar surface area (TPSA) is 78.6 Å². The largest absolute Gasteiger partial charge is 0.393 e. The second-order valence-electron chi connectivity index (χ2n) is 5.19. The van der Waals surface area contributed by atoms with Crippen LogP contribution in [0.2, 0.25) is 0 Å². The average molecular weight is 269 g/mol. The molecule has 1 atom stereocenters. The van der Waals surface area contributed by atoms with Crippen LogP contribution in [0.1, 0.15) is 38.8 Å². The lowest BCUT2D eigenvalue weighted by Crippen LogP contribution is -2.31. The third-order valence-electron chi connectivity index (χ3n) is 2.72. The average Bonchev–Trinajstić information content (AvgIpc) is 2.74. The van der Waals surface area contributed by atoms with Crippen LogP contribution in [0.5, 0.6) is 0 Å². The number of amides is 1. The van der Waals surface area contributed by atoms with Gasteiger partial charge in [-0.1, -0.05) is 19.0 Å². The molecule has 0 saturated carbocycles. The number of rotatable bonds is 7. The first kappa shape index (κ1) is 15.7. The van der Waals surface area contributed by atoms with Crippen molar-refractivity contribution < 1.29 is 14.4 Å². The van der Waals surface area contributed by atoms with Crippen LogP contribution in [0.4, 0.5) is 5.88 Å². The van der Waals surface area contributed by atoms with Crippen LogP contribution < -0.4 is 5.32 Å². The fraction of sp³-hybridized carbons (Fsp3) is 0.692. The Morgan fingerprint density at radius 3 is 2.74 bits per heavy atom. The van der Waals surface area contributed by atoms with E-state index in [0.29, 0.717) is 18.8 Å². The summed E-state index contributed by atoms with van der Waals surface area (Å²) in [6.07, 6.45) is 0.289. The number of carbonyl (C=O) groups is 1. The van der Waals surface area contributed by atoms with E-state index >= 15 is 0 Å². The Hall–Kier alpha value is -1.40. The number of nitrogens with one attached hydrogen (secondary N) is 1. The van der Waals surface area contributed by atoms with Gasteiger partial charge in [-0.05, 0) is 26.3 Å². The molecule has 0 aliphatic heterocycles. The lowest BCUT2D eigenvalue weighted by molar-refractivity contribution is -0.117. The summed E-state index contributed by atoms with van der Waals surface area (Å²) in [5, 5.41) is 15.7. The molecule has 1 rings (SSSR count). The van der Waals surface area contributed by atoms with Crippen molar-refractivity contribution in [2.75, 3.05) is 25.5 Å². The molecule has 0 fully saturated rings. The molecular formula is C13H23N3O3. The summed E-state index contributed by atoms with van der Waals surface area (Å²) in [6.45, 7) is 6.67. The number of likely N-dealkylation sites (N-methyl/N-ethyl adjacent to an activating group) is 1. The van der Waals surface area contributed by atoms with Crippen molar-refractivity contribution in [3.8, 4) is 0 Å². The van der Waals surface area contributed by atoms with Gasteiger partial charge in [0.15, 0.2) is 0 Å². The van der Waals surface area contributed by atoms with Gasteiger partial charge in [-0.25, -0.2) is 0 Å². The molecule has 1 heterocycles. The summed E-state index contributed by atoms with van der Waals surface area (Å²) in [6, 6.07) is 1.73. The number of aromatic nitrogens is 1. The first-order chi connectivity index (χ1) is 8.88. The summed E-state index contributed by atoms with van der Waals surface area (Å²) in [7, 11) is 1.84. The van der Waals surface area contributed by atoms with Crippen molar-refractivity contribution in [2.24, 2.45) is 0 Å². The van der Waals surface area contributed by atoms with Crippen molar-refractivity contribution in [1.82, 2.24) is 10.1 Å². The number of hydrogen-bond donors (Lipinski definition) is 2. The maximum atomic E-state index is 11.7. The number of aliphatic hydroxyl groups is 1. The summed E-state index contributed by atoms with van der Waals surface area (Å²) in [5.41, 5.74) is 0.817. The zero-order chi connectivity index (χ0) is 14.4. The van der Waals surface area contributed by atoms with E-state index in [9.17, 15) is 9.90 Å². The van der Waals surface area contributed by atoms with Gasteiger partial charge in [0.05, 0.1) is 18.3 Å². The van der Waals surface area contributed by atoms with E-state index in [-0.39, 0.29) is 24.5 Å². The molecule has 1 aromatic rings. The molecule has 1 aromatic heterocycles. The summed E-state index contributed by atoms with van der Waals surface area (Å²) in [4.78, 5) is 13.6. The highest BCUT2D eigenvalue weighted by Gasteiger charge is 2.12. The molecule has 0 saturated heterocycles. The van der Waals surface area contributed by atoms with Crippen LogP contribution in [0.25, 0.3) is 0 Å². The molecule has 0 aromatic carbocycles. The van der Waals surface area contributed by atoms with Crippen molar-refractivity contribution in [1.29, 1.82) is 0 Å². The molecular weight excluding hydrogens is 246 g/mol. The molecule has 0 aliphatic rings. The second-order valence-corrected chi connectivity index (χ2v) is 5.19. The zero-order valence-corrected chi connectivity index (χ0v) is 12.0. The molecule has 6 heteroatoms. The zero-order valence-electron chi connectivity index (χ0n) is 12.0. The number of anilines is 1. The molecule has 19 heavy (non-hydrogen) atoms. The molecule has 0 bridgehead atoms. The van der Waals surface area contributed by atoms with Crippen molar-refractivity contribution in [3.05, 3.63) is 11.8 Å². The van der Waals surface area contributed by atoms with Crippen LogP contribution in [-0.4, -0.2) is 47.3 Å². The van der Waals surface area contributed by atoms with Gasteiger partial charge in [-0.2, -0.15) is 0 Å². The van der Waals surface area contributed by atoms with Crippen molar-refractivity contribution in [2.45, 2.75) is 39.2 Å². The number of carbonyl (C=O) groups excluding carboxylic acids is 1. The van der Waals surface area contributed by atoms with Gasteiger partial charge in [-0.3, -0.25) is 15.0 Å². The predicted molar refractivity (Wildman–Crippen MR) is 73.0 cm³/mol. The van der Waals surface area contributed by atoms with Crippen LogP contribution >= 0.6 is 0 Å². The van der Waals surface area contributed by atoms with Crippen molar-refractivity contribution >= 4 is 11.8 Å². The summed E-state index contributed by atoms with van der Waals surface area (Å²) in [5.74, 6) is 0.486. The van der Waals surface area contributed by atoms with Crippen LogP contribution in [0.3, 0.4) is 0 Å². The quantitative estimate of drug-likeness (QED) is 0.783. The van der Waals surface area contributed by atoms with Crippen LogP contribution in [0.15, 0.2) is 10.6 Å². The van der Waals surface area contributed by atoms with Gasteiger partial charge in [0.2, 0.25) is 11.8 Å². The standard InChI is InChI=1S/C13H23N3O3/c1-9(2)11-7-13(19-15-11)14-12(18)8-16(4)6-5-10(3)17/h7,9-10,17H,5-6,8H2,1-4H3,(H,14,18). The normalized spacial score (nSPS) is 13.0. The maximum absolute atomic E-state index is 11.7. The van der Waals surface area contributed by atoms with Gasteiger partial charge in [0, 0.05) is 12.6 Å². The number of hydrogen-bond acceptors (Lipinski definition) is 5. The molecule has 6 nitrogen and oxygen atoms in total. The Morgan fingerprint density at radius 2 is 2.21 bits per heavy atom. The van der Waals surface area contributed by atoms with E-state index < -0.39 is 0 Å². The third-order valence-corrected chi connectivity index (χ3v) is 2.72. The highest BCUT2D eigenvalue weighted by atomic mass is 16.5. The minimum absolute atomic E-state index is 0.153. The molecule has 0 spiro atoms. The molecule has 0 radical (unpaired) electrons. The van der Waals surface area contributed by atoms with Gasteiger partial charge in [0.1, 0.15) is 0 Å². The first-order valence-corrected chi connectivity index (χ1v) is 6.51. The molecule has 2 N–H and O–H groups in total. The molecule has 108 valence electrons. The minimum atomic E-state index is -0.353. The molecule has 1 amide bonds.